The number of benzene rings is 1. The number of nitrogens with one attached hydrogen (secondary N) is 1. The minimum absolute atomic E-state index is 0.0373. The first-order valence-electron chi connectivity index (χ1n) is 6.02. The van der Waals surface area contributed by atoms with E-state index in [1.54, 1.807) is 7.05 Å². The molecular weight excluding hydrogens is 214 g/mol. The van der Waals surface area contributed by atoms with Crippen molar-refractivity contribution in [3.05, 3.63) is 29.8 Å². The van der Waals surface area contributed by atoms with Gasteiger partial charge in [-0.05, 0) is 24.5 Å². The number of carbonyl (C=O) groups is 1. The van der Waals surface area contributed by atoms with Gasteiger partial charge in [-0.2, -0.15) is 0 Å². The zero-order valence-corrected chi connectivity index (χ0v) is 10.1. The van der Waals surface area contributed by atoms with Gasteiger partial charge in [0, 0.05) is 25.3 Å². The normalized spacial score (nSPS) is 19.4. The van der Waals surface area contributed by atoms with Crippen LogP contribution in [0.25, 0.3) is 0 Å². The first-order chi connectivity index (χ1) is 8.22. The third-order valence-corrected chi connectivity index (χ3v) is 3.23. The van der Waals surface area contributed by atoms with Crippen molar-refractivity contribution in [2.45, 2.75) is 18.9 Å². The summed E-state index contributed by atoms with van der Waals surface area (Å²) in [5.41, 5.74) is 8.39. The number of likely N-dealkylation sites (N-methyl/N-ethyl adjacent to an activating group) is 1. The number of hydrogen-bond acceptors (Lipinski definition) is 3. The third kappa shape index (κ3) is 2.58. The van der Waals surface area contributed by atoms with Crippen LogP contribution in [0, 0.1) is 0 Å². The minimum atomic E-state index is 0.0373. The van der Waals surface area contributed by atoms with E-state index >= 15 is 0 Å². The number of hydrogen-bond donors (Lipinski definition) is 2. The molecule has 1 aliphatic rings. The van der Waals surface area contributed by atoms with Gasteiger partial charge >= 0.3 is 0 Å². The molecule has 3 N–H and O–H groups in total. The summed E-state index contributed by atoms with van der Waals surface area (Å²) in [6.07, 6.45) is 1.99. The highest BCUT2D eigenvalue weighted by Gasteiger charge is 2.20. The number of carbonyl (C=O) groups excluding carboxylic acids is 1. The van der Waals surface area contributed by atoms with E-state index in [9.17, 15) is 4.79 Å². The Morgan fingerprint density at radius 1 is 1.53 bits per heavy atom. The van der Waals surface area contributed by atoms with Crippen molar-refractivity contribution in [3.63, 3.8) is 0 Å². The molecule has 4 nitrogen and oxygen atoms in total. The molecule has 1 aliphatic heterocycles. The van der Waals surface area contributed by atoms with Crippen molar-refractivity contribution in [2.75, 3.05) is 25.0 Å². The highest BCUT2D eigenvalue weighted by atomic mass is 16.1. The molecule has 0 aromatic heterocycles. The van der Waals surface area contributed by atoms with Crippen LogP contribution in [0.2, 0.25) is 0 Å². The summed E-state index contributed by atoms with van der Waals surface area (Å²) < 4.78 is 0. The fourth-order valence-corrected chi connectivity index (χ4v) is 2.28. The minimum Gasteiger partial charge on any atom is -0.362 e. The van der Waals surface area contributed by atoms with Gasteiger partial charge < -0.3 is 16.0 Å². The molecule has 4 heteroatoms. The van der Waals surface area contributed by atoms with E-state index in [0.717, 1.165) is 30.6 Å². The molecule has 1 amide bonds. The van der Waals surface area contributed by atoms with Gasteiger partial charge in [0.05, 0.1) is 6.54 Å². The van der Waals surface area contributed by atoms with E-state index in [-0.39, 0.29) is 11.9 Å². The van der Waals surface area contributed by atoms with Crippen molar-refractivity contribution in [3.8, 4) is 0 Å². The van der Waals surface area contributed by atoms with Crippen LogP contribution >= 0.6 is 0 Å². The highest BCUT2D eigenvalue weighted by Crippen LogP contribution is 2.30. The van der Waals surface area contributed by atoms with Crippen LogP contribution in [0.5, 0.6) is 0 Å². The van der Waals surface area contributed by atoms with Crippen LogP contribution in [0.1, 0.15) is 24.4 Å². The Hall–Kier alpha value is -1.55. The van der Waals surface area contributed by atoms with Gasteiger partial charge in [0.1, 0.15) is 0 Å². The summed E-state index contributed by atoms with van der Waals surface area (Å²) in [7, 11) is 1.66. The van der Waals surface area contributed by atoms with Gasteiger partial charge in [-0.25, -0.2) is 0 Å². The first-order valence-corrected chi connectivity index (χ1v) is 6.02. The molecule has 1 heterocycles. The van der Waals surface area contributed by atoms with E-state index in [0.29, 0.717) is 6.54 Å². The lowest BCUT2D eigenvalue weighted by Crippen LogP contribution is -2.36. The van der Waals surface area contributed by atoms with E-state index in [4.69, 9.17) is 5.73 Å². The number of amides is 1. The predicted octanol–water partition coefficient (Wildman–Crippen LogP) is 1.03. The maximum Gasteiger partial charge on any atom is 0.239 e. The standard InChI is InChI=1S/C13H19N3O/c1-15-13(17)9-16-8-4-6-11(14)10-5-2-3-7-12(10)16/h2-3,5,7,11H,4,6,8-9,14H2,1H3,(H,15,17). The van der Waals surface area contributed by atoms with E-state index < -0.39 is 0 Å². The highest BCUT2D eigenvalue weighted by molar-refractivity contribution is 5.81. The number of anilines is 1. The molecule has 0 fully saturated rings. The van der Waals surface area contributed by atoms with Crippen molar-refractivity contribution in [1.82, 2.24) is 5.32 Å². The van der Waals surface area contributed by atoms with E-state index in [2.05, 4.69) is 16.3 Å². The molecule has 1 atom stereocenters. The fourth-order valence-electron chi connectivity index (χ4n) is 2.28. The molecule has 0 saturated heterocycles. The predicted molar refractivity (Wildman–Crippen MR) is 68.9 cm³/mol. The lowest BCUT2D eigenvalue weighted by atomic mass is 10.0. The smallest absolute Gasteiger partial charge is 0.239 e. The Labute approximate surface area is 102 Å². The molecule has 0 bridgehead atoms. The summed E-state index contributed by atoms with van der Waals surface area (Å²) in [5, 5.41) is 2.66. The molecule has 2 rings (SSSR count). The molecule has 92 valence electrons. The van der Waals surface area contributed by atoms with Crippen LogP contribution in [0.3, 0.4) is 0 Å². The van der Waals surface area contributed by atoms with Crippen LogP contribution in [-0.4, -0.2) is 26.0 Å². The largest absolute Gasteiger partial charge is 0.362 e. The average molecular weight is 233 g/mol. The third-order valence-electron chi connectivity index (χ3n) is 3.23. The zero-order valence-electron chi connectivity index (χ0n) is 10.1. The van der Waals surface area contributed by atoms with Gasteiger partial charge in [0.15, 0.2) is 0 Å². The van der Waals surface area contributed by atoms with Gasteiger partial charge in [-0.15, -0.1) is 0 Å². The molecular formula is C13H19N3O. The monoisotopic (exact) mass is 233 g/mol. The van der Waals surface area contributed by atoms with Crippen LogP contribution in [-0.2, 0) is 4.79 Å². The topological polar surface area (TPSA) is 58.4 Å². The van der Waals surface area contributed by atoms with Crippen LogP contribution in [0.15, 0.2) is 24.3 Å². The first kappa shape index (κ1) is 11.9. The average Bonchev–Trinajstić information content (AvgIpc) is 2.51. The number of nitrogens with zero attached hydrogens (tertiary/aromatic N) is 1. The van der Waals surface area contributed by atoms with Crippen LogP contribution in [0.4, 0.5) is 5.69 Å². The Bertz CT molecular complexity index is 405. The van der Waals surface area contributed by atoms with E-state index in [1.165, 1.54) is 0 Å². The lowest BCUT2D eigenvalue weighted by molar-refractivity contribution is -0.119. The quantitative estimate of drug-likeness (QED) is 0.802. The second-order valence-corrected chi connectivity index (χ2v) is 4.40. The molecule has 0 spiro atoms. The molecule has 0 radical (unpaired) electrons. The SMILES string of the molecule is CNC(=O)CN1CCCC(N)c2ccccc21. The molecule has 1 aromatic carbocycles. The molecule has 1 unspecified atom stereocenters. The number of rotatable bonds is 2. The maximum atomic E-state index is 11.5. The maximum absolute atomic E-state index is 11.5. The molecule has 0 saturated carbocycles. The Balaban J connectivity index is 2.28. The summed E-state index contributed by atoms with van der Waals surface area (Å²) in [5.74, 6) is 0.0373. The summed E-state index contributed by atoms with van der Waals surface area (Å²) in [6.45, 7) is 1.29. The molecule has 1 aromatic rings. The molecule has 17 heavy (non-hydrogen) atoms. The van der Waals surface area contributed by atoms with Gasteiger partial charge in [0.2, 0.25) is 5.91 Å². The fraction of sp³-hybridized carbons (Fsp3) is 0.462. The van der Waals surface area contributed by atoms with Crippen molar-refractivity contribution in [1.29, 1.82) is 0 Å². The Morgan fingerprint density at radius 3 is 3.06 bits per heavy atom. The van der Waals surface area contributed by atoms with Gasteiger partial charge in [-0.3, -0.25) is 4.79 Å². The second-order valence-electron chi connectivity index (χ2n) is 4.40. The Morgan fingerprint density at radius 2 is 2.29 bits per heavy atom. The van der Waals surface area contributed by atoms with Gasteiger partial charge in [0.25, 0.3) is 0 Å². The summed E-state index contributed by atoms with van der Waals surface area (Å²) in [4.78, 5) is 13.6. The van der Waals surface area contributed by atoms with Gasteiger partial charge in [-0.1, -0.05) is 18.2 Å². The lowest BCUT2D eigenvalue weighted by Gasteiger charge is -2.24. The second kappa shape index (κ2) is 5.19. The van der Waals surface area contributed by atoms with Crippen molar-refractivity contribution >= 4 is 11.6 Å². The number of para-hydroxylation sites is 1. The van der Waals surface area contributed by atoms with Crippen molar-refractivity contribution < 1.29 is 4.79 Å². The van der Waals surface area contributed by atoms with Crippen molar-refractivity contribution in [2.24, 2.45) is 5.73 Å². The van der Waals surface area contributed by atoms with Crippen LogP contribution < -0.4 is 16.0 Å². The zero-order chi connectivity index (χ0) is 12.3. The summed E-state index contributed by atoms with van der Waals surface area (Å²) >= 11 is 0. The number of fused-ring (bicyclic) bond motifs is 1. The Kier molecular flexibility index (Phi) is 3.64. The van der Waals surface area contributed by atoms with E-state index in [1.807, 2.05) is 18.2 Å². The number of nitrogens with two attached hydrogens (primary N) is 1. The summed E-state index contributed by atoms with van der Waals surface area (Å²) in [6, 6.07) is 8.18. The molecule has 0 aliphatic carbocycles.